The smallest absolute Gasteiger partial charge is 0.276 e. The Morgan fingerprint density at radius 3 is 3.03 bits per heavy atom. The summed E-state index contributed by atoms with van der Waals surface area (Å²) < 4.78 is 0. The number of benzene rings is 1. The van der Waals surface area contributed by atoms with E-state index < -0.39 is 5.91 Å². The Bertz CT molecular complexity index is 1050. The number of carbonyl (C=O) groups excluding carboxylic acids is 1. The summed E-state index contributed by atoms with van der Waals surface area (Å²) in [6.45, 7) is 2.05. The number of amides is 1. The number of hydrogen-bond donors (Lipinski definition) is 1. The summed E-state index contributed by atoms with van der Waals surface area (Å²) in [6.07, 6.45) is 5.85. The molecule has 0 bridgehead atoms. The van der Waals surface area contributed by atoms with Gasteiger partial charge >= 0.3 is 0 Å². The van der Waals surface area contributed by atoms with Gasteiger partial charge in [0.2, 0.25) is 0 Å². The first-order valence-corrected chi connectivity index (χ1v) is 12.1. The minimum absolute atomic E-state index is 0.138. The summed E-state index contributed by atoms with van der Waals surface area (Å²) >= 11 is 9.28. The molecule has 1 N–H and O–H groups in total. The van der Waals surface area contributed by atoms with E-state index in [1.807, 2.05) is 6.07 Å². The Kier molecular flexibility index (Phi) is 6.67. The number of aryl methyl sites for hydroxylation is 1. The van der Waals surface area contributed by atoms with Crippen molar-refractivity contribution in [3.63, 3.8) is 0 Å². The highest BCUT2D eigenvalue weighted by Gasteiger charge is 2.38. The van der Waals surface area contributed by atoms with Crippen LogP contribution in [0.15, 0.2) is 46.2 Å². The molecule has 2 atom stereocenters. The van der Waals surface area contributed by atoms with Crippen molar-refractivity contribution in [2.24, 2.45) is 5.92 Å². The van der Waals surface area contributed by atoms with Gasteiger partial charge in [0, 0.05) is 16.9 Å². The molecule has 0 spiro atoms. The van der Waals surface area contributed by atoms with Gasteiger partial charge in [0.05, 0.1) is 27.9 Å². The van der Waals surface area contributed by atoms with Crippen molar-refractivity contribution in [3.8, 4) is 6.07 Å². The SMILES string of the molecule is Cc1cccc(CSc2ncc(Cl)c(C(=O)NC3=C(C#N)[C@H]4CCCC[C@H]4S3)n2)c1. The zero-order valence-corrected chi connectivity index (χ0v) is 18.9. The van der Waals surface area contributed by atoms with Crippen LogP contribution in [0, 0.1) is 24.2 Å². The number of thioether (sulfide) groups is 2. The van der Waals surface area contributed by atoms with Gasteiger partial charge in [0.1, 0.15) is 0 Å². The second kappa shape index (κ2) is 9.42. The molecule has 1 aliphatic heterocycles. The number of rotatable bonds is 5. The summed E-state index contributed by atoms with van der Waals surface area (Å²) in [5.41, 5.74) is 3.19. The number of nitriles is 1. The maximum absolute atomic E-state index is 12.9. The van der Waals surface area contributed by atoms with Crippen LogP contribution < -0.4 is 5.32 Å². The monoisotopic (exact) mass is 456 g/mol. The Labute approximate surface area is 189 Å². The van der Waals surface area contributed by atoms with E-state index in [0.29, 0.717) is 26.8 Å². The fourth-order valence-electron chi connectivity index (χ4n) is 3.87. The van der Waals surface area contributed by atoms with Gasteiger partial charge < -0.3 is 5.32 Å². The summed E-state index contributed by atoms with van der Waals surface area (Å²) in [7, 11) is 0. The van der Waals surface area contributed by atoms with Gasteiger partial charge in [0.15, 0.2) is 10.9 Å². The van der Waals surface area contributed by atoms with Gasteiger partial charge in [0.25, 0.3) is 5.91 Å². The molecule has 1 aromatic heterocycles. The van der Waals surface area contributed by atoms with Gasteiger partial charge in [-0.1, -0.05) is 66.0 Å². The number of carbonyl (C=O) groups is 1. The zero-order chi connectivity index (χ0) is 21.1. The van der Waals surface area contributed by atoms with Crippen molar-refractivity contribution in [3.05, 3.63) is 62.9 Å². The second-order valence-electron chi connectivity index (χ2n) is 7.48. The number of hydrogen-bond acceptors (Lipinski definition) is 6. The Balaban J connectivity index is 1.48. The van der Waals surface area contributed by atoms with Crippen LogP contribution >= 0.6 is 35.1 Å². The lowest BCUT2D eigenvalue weighted by atomic mass is 9.84. The highest BCUT2D eigenvalue weighted by Crippen LogP contribution is 2.47. The first-order chi connectivity index (χ1) is 14.5. The molecule has 0 radical (unpaired) electrons. The standard InChI is InChI=1S/C22H21ClN4OS2/c1-13-5-4-6-14(9-13)12-29-22-25-11-17(23)19(26-22)20(28)27-21-16(10-24)15-7-2-3-8-18(15)30-21/h4-6,9,11,15,18H,2-3,7-8,12H2,1H3,(H,27,28)/t15-,18-/m1/s1. The molecule has 154 valence electrons. The molecule has 5 nitrogen and oxygen atoms in total. The highest BCUT2D eigenvalue weighted by atomic mass is 35.5. The Hall–Kier alpha value is -2.01. The second-order valence-corrected chi connectivity index (χ2v) is 10.1. The van der Waals surface area contributed by atoms with Crippen molar-refractivity contribution >= 4 is 41.0 Å². The highest BCUT2D eigenvalue weighted by molar-refractivity contribution is 8.04. The van der Waals surface area contributed by atoms with Gasteiger partial charge in [-0.2, -0.15) is 5.26 Å². The van der Waals surface area contributed by atoms with E-state index in [1.54, 1.807) is 11.8 Å². The molecular formula is C22H21ClN4OS2. The predicted molar refractivity (Wildman–Crippen MR) is 121 cm³/mol. The third kappa shape index (κ3) is 4.66. The van der Waals surface area contributed by atoms with E-state index >= 15 is 0 Å². The van der Waals surface area contributed by atoms with Crippen LogP contribution in [-0.4, -0.2) is 21.1 Å². The van der Waals surface area contributed by atoms with Gasteiger partial charge in [-0.25, -0.2) is 9.97 Å². The van der Waals surface area contributed by atoms with Crippen molar-refractivity contribution in [1.29, 1.82) is 5.26 Å². The minimum Gasteiger partial charge on any atom is -0.314 e. The number of nitrogens with one attached hydrogen (secondary N) is 1. The molecule has 1 aromatic carbocycles. The van der Waals surface area contributed by atoms with E-state index in [-0.39, 0.29) is 16.6 Å². The molecule has 1 saturated carbocycles. The summed E-state index contributed by atoms with van der Waals surface area (Å²) in [4.78, 5) is 21.5. The lowest BCUT2D eigenvalue weighted by Gasteiger charge is -2.24. The topological polar surface area (TPSA) is 78.7 Å². The third-order valence-corrected chi connectivity index (χ3v) is 7.96. The van der Waals surface area contributed by atoms with Gasteiger partial charge in [-0.05, 0) is 25.3 Å². The first-order valence-electron chi connectivity index (χ1n) is 9.88. The van der Waals surface area contributed by atoms with Crippen molar-refractivity contribution in [1.82, 2.24) is 15.3 Å². The van der Waals surface area contributed by atoms with Crippen LogP contribution in [0.5, 0.6) is 0 Å². The average Bonchev–Trinajstić information content (AvgIpc) is 3.10. The molecular weight excluding hydrogens is 436 g/mol. The van der Waals surface area contributed by atoms with E-state index in [4.69, 9.17) is 11.6 Å². The summed E-state index contributed by atoms with van der Waals surface area (Å²) in [5.74, 6) is 0.548. The van der Waals surface area contributed by atoms with Crippen molar-refractivity contribution in [2.75, 3.05) is 0 Å². The number of aromatic nitrogens is 2. The first kappa shape index (κ1) is 21.2. The molecule has 1 aliphatic carbocycles. The number of fused-ring (bicyclic) bond motifs is 1. The maximum Gasteiger partial charge on any atom is 0.276 e. The van der Waals surface area contributed by atoms with Crippen LogP contribution in [0.2, 0.25) is 5.02 Å². The Morgan fingerprint density at radius 1 is 1.40 bits per heavy atom. The lowest BCUT2D eigenvalue weighted by molar-refractivity contribution is 0.0963. The molecule has 0 saturated heterocycles. The number of nitrogens with zero attached hydrogens (tertiary/aromatic N) is 3. The van der Waals surface area contributed by atoms with E-state index in [1.165, 1.54) is 35.5 Å². The fraction of sp³-hybridized carbons (Fsp3) is 0.364. The minimum atomic E-state index is -0.395. The van der Waals surface area contributed by atoms with Crippen LogP contribution in [0.25, 0.3) is 0 Å². The third-order valence-electron chi connectivity index (χ3n) is 5.32. The fourth-order valence-corrected chi connectivity index (χ4v) is 6.31. The van der Waals surface area contributed by atoms with Crippen molar-refractivity contribution < 1.29 is 4.79 Å². The predicted octanol–water partition coefficient (Wildman–Crippen LogP) is 5.50. The van der Waals surface area contributed by atoms with E-state index in [0.717, 1.165) is 19.3 Å². The molecule has 2 aliphatic rings. The van der Waals surface area contributed by atoms with Gasteiger partial charge in [-0.3, -0.25) is 4.79 Å². The summed E-state index contributed by atoms with van der Waals surface area (Å²) in [6, 6.07) is 10.5. The lowest BCUT2D eigenvalue weighted by Crippen LogP contribution is -2.23. The van der Waals surface area contributed by atoms with Crippen molar-refractivity contribution in [2.45, 2.75) is 48.8 Å². The van der Waals surface area contributed by atoms with Crippen LogP contribution in [0.4, 0.5) is 0 Å². The molecule has 1 amide bonds. The van der Waals surface area contributed by atoms with Crippen LogP contribution in [-0.2, 0) is 5.75 Å². The molecule has 2 aromatic rings. The average molecular weight is 457 g/mol. The van der Waals surface area contributed by atoms with Crippen LogP contribution in [0.3, 0.4) is 0 Å². The zero-order valence-electron chi connectivity index (χ0n) is 16.5. The number of allylic oxidation sites excluding steroid dienone is 1. The summed E-state index contributed by atoms with van der Waals surface area (Å²) in [5, 5.41) is 14.3. The maximum atomic E-state index is 12.9. The molecule has 1 fully saturated rings. The molecule has 0 unspecified atom stereocenters. The molecule has 30 heavy (non-hydrogen) atoms. The quantitative estimate of drug-likeness (QED) is 0.472. The number of halogens is 1. The largest absolute Gasteiger partial charge is 0.314 e. The normalized spacial score (nSPS) is 20.6. The molecule has 4 rings (SSSR count). The van der Waals surface area contributed by atoms with Crippen LogP contribution in [0.1, 0.15) is 47.3 Å². The van der Waals surface area contributed by atoms with Gasteiger partial charge in [-0.15, -0.1) is 11.8 Å². The molecule has 2 heterocycles. The van der Waals surface area contributed by atoms with E-state index in [9.17, 15) is 10.1 Å². The van der Waals surface area contributed by atoms with E-state index in [2.05, 4.69) is 46.5 Å². The molecule has 8 heteroatoms. The Morgan fingerprint density at radius 2 is 2.23 bits per heavy atom.